The summed E-state index contributed by atoms with van der Waals surface area (Å²) in [6.45, 7) is 0. The largest absolute Gasteiger partial charge is 0.586 e. The average Bonchev–Trinajstić information content (AvgIpc) is 2.65. The molecule has 2 aromatic rings. The highest BCUT2D eigenvalue weighted by Crippen LogP contribution is 2.42. The number of anilines is 3. The first-order valence-corrected chi connectivity index (χ1v) is 5.28. The molecule has 2 heterocycles. The number of nitrogens with one attached hydrogen (secondary N) is 1. The molecule has 0 aliphatic carbocycles. The summed E-state index contributed by atoms with van der Waals surface area (Å²) in [5, 5.41) is 10.3. The summed E-state index contributed by atoms with van der Waals surface area (Å²) in [5.74, 6) is 0.660. The fourth-order valence-electron chi connectivity index (χ4n) is 1.58. The van der Waals surface area contributed by atoms with Crippen molar-refractivity contribution < 1.29 is 18.3 Å². The van der Waals surface area contributed by atoms with Crippen LogP contribution in [0.2, 0.25) is 0 Å². The van der Waals surface area contributed by atoms with Crippen LogP contribution in [-0.4, -0.2) is 16.5 Å². The van der Waals surface area contributed by atoms with Crippen LogP contribution in [0.25, 0.3) is 0 Å². The monoisotopic (exact) mass is 266 g/mol. The maximum atomic E-state index is 12.8. The predicted octanol–water partition coefficient (Wildman–Crippen LogP) is 2.12. The standard InChI is InChI=1S/C11H8F2N4O2/c12-11(13)18-7-2-1-6(5-8(7)19-11)15-10-4-3-9(14)16-17-10/h1-5H,(H2,14,16)(H,15,17). The van der Waals surface area contributed by atoms with E-state index in [4.69, 9.17) is 5.73 Å². The molecule has 0 amide bonds. The second-order valence-corrected chi connectivity index (χ2v) is 3.80. The van der Waals surface area contributed by atoms with E-state index >= 15 is 0 Å². The highest BCUT2D eigenvalue weighted by Gasteiger charge is 2.43. The number of nitrogens with zero attached hydrogens (tertiary/aromatic N) is 2. The molecule has 1 aromatic heterocycles. The maximum absolute atomic E-state index is 12.8. The number of hydrogen-bond donors (Lipinski definition) is 2. The molecule has 3 rings (SSSR count). The second kappa shape index (κ2) is 3.94. The SMILES string of the molecule is Nc1ccc(Nc2ccc3c(c2)OC(F)(F)O3)nn1. The van der Waals surface area contributed by atoms with Gasteiger partial charge in [-0.3, -0.25) is 0 Å². The van der Waals surface area contributed by atoms with Crippen molar-refractivity contribution in [1.29, 1.82) is 0 Å². The number of benzene rings is 1. The lowest BCUT2D eigenvalue weighted by Crippen LogP contribution is -2.25. The van der Waals surface area contributed by atoms with E-state index in [1.54, 1.807) is 18.2 Å². The van der Waals surface area contributed by atoms with Gasteiger partial charge in [0.05, 0.1) is 0 Å². The number of halogens is 2. The minimum atomic E-state index is -3.62. The Labute approximate surface area is 106 Å². The number of hydrogen-bond acceptors (Lipinski definition) is 6. The number of nitrogens with two attached hydrogens (primary N) is 1. The van der Waals surface area contributed by atoms with Gasteiger partial charge < -0.3 is 20.5 Å². The zero-order chi connectivity index (χ0) is 13.5. The lowest BCUT2D eigenvalue weighted by atomic mass is 10.3. The molecule has 1 aromatic carbocycles. The highest BCUT2D eigenvalue weighted by molar-refractivity contribution is 5.62. The predicted molar refractivity (Wildman–Crippen MR) is 62.4 cm³/mol. The van der Waals surface area contributed by atoms with E-state index in [1.165, 1.54) is 12.1 Å². The Bertz CT molecular complexity index is 619. The van der Waals surface area contributed by atoms with Crippen LogP contribution >= 0.6 is 0 Å². The summed E-state index contributed by atoms with van der Waals surface area (Å²) < 4.78 is 34.3. The summed E-state index contributed by atoms with van der Waals surface area (Å²) in [4.78, 5) is 0. The van der Waals surface area contributed by atoms with Gasteiger partial charge in [-0.1, -0.05) is 0 Å². The zero-order valence-electron chi connectivity index (χ0n) is 9.43. The van der Waals surface area contributed by atoms with Gasteiger partial charge in [-0.25, -0.2) is 0 Å². The molecule has 8 heteroatoms. The van der Waals surface area contributed by atoms with Gasteiger partial charge in [-0.15, -0.1) is 19.0 Å². The van der Waals surface area contributed by atoms with Crippen molar-refractivity contribution in [3.8, 4) is 11.5 Å². The summed E-state index contributed by atoms with van der Waals surface area (Å²) >= 11 is 0. The van der Waals surface area contributed by atoms with Gasteiger partial charge in [-0.2, -0.15) is 0 Å². The van der Waals surface area contributed by atoms with Crippen molar-refractivity contribution in [2.24, 2.45) is 0 Å². The molecule has 0 unspecified atom stereocenters. The topological polar surface area (TPSA) is 82.3 Å². The Morgan fingerprint density at radius 1 is 1.05 bits per heavy atom. The van der Waals surface area contributed by atoms with E-state index in [2.05, 4.69) is 25.0 Å². The van der Waals surface area contributed by atoms with E-state index < -0.39 is 6.29 Å². The van der Waals surface area contributed by atoms with Crippen LogP contribution in [-0.2, 0) is 0 Å². The zero-order valence-corrected chi connectivity index (χ0v) is 9.43. The molecule has 0 spiro atoms. The number of fused-ring (bicyclic) bond motifs is 1. The highest BCUT2D eigenvalue weighted by atomic mass is 19.3. The lowest BCUT2D eigenvalue weighted by molar-refractivity contribution is -0.286. The summed E-state index contributed by atoms with van der Waals surface area (Å²) in [6, 6.07) is 7.50. The van der Waals surface area contributed by atoms with Crippen LogP contribution in [0.15, 0.2) is 30.3 Å². The normalized spacial score (nSPS) is 15.3. The van der Waals surface area contributed by atoms with Gasteiger partial charge in [0.1, 0.15) is 5.82 Å². The maximum Gasteiger partial charge on any atom is 0.586 e. The van der Waals surface area contributed by atoms with E-state index in [9.17, 15) is 8.78 Å². The molecule has 0 saturated carbocycles. The van der Waals surface area contributed by atoms with Crippen molar-refractivity contribution in [1.82, 2.24) is 10.2 Å². The quantitative estimate of drug-likeness (QED) is 0.866. The first-order chi connectivity index (χ1) is 9.02. The molecule has 0 saturated heterocycles. The van der Waals surface area contributed by atoms with Gasteiger partial charge in [0.25, 0.3) is 0 Å². The van der Waals surface area contributed by atoms with Gasteiger partial charge in [-0.05, 0) is 24.3 Å². The molecule has 98 valence electrons. The first kappa shape index (κ1) is 11.5. The fourth-order valence-corrected chi connectivity index (χ4v) is 1.58. The van der Waals surface area contributed by atoms with Gasteiger partial charge >= 0.3 is 6.29 Å². The van der Waals surface area contributed by atoms with Crippen molar-refractivity contribution in [2.75, 3.05) is 11.1 Å². The van der Waals surface area contributed by atoms with Gasteiger partial charge in [0, 0.05) is 11.8 Å². The number of alkyl halides is 2. The Morgan fingerprint density at radius 2 is 1.84 bits per heavy atom. The van der Waals surface area contributed by atoms with Crippen LogP contribution in [0.3, 0.4) is 0 Å². The molecule has 0 atom stereocenters. The first-order valence-electron chi connectivity index (χ1n) is 5.28. The molecular weight excluding hydrogens is 258 g/mol. The Balaban J connectivity index is 1.82. The summed E-state index contributed by atoms with van der Waals surface area (Å²) in [6.07, 6.45) is -3.62. The lowest BCUT2D eigenvalue weighted by Gasteiger charge is -2.05. The van der Waals surface area contributed by atoms with Gasteiger partial charge in [0.15, 0.2) is 17.3 Å². The number of ether oxygens (including phenoxy) is 2. The number of rotatable bonds is 2. The van der Waals surface area contributed by atoms with Crippen LogP contribution in [0.5, 0.6) is 11.5 Å². The third kappa shape index (κ3) is 2.32. The smallest absolute Gasteiger partial charge is 0.395 e. The van der Waals surface area contributed by atoms with E-state index in [0.29, 0.717) is 11.5 Å². The van der Waals surface area contributed by atoms with Crippen LogP contribution in [0.1, 0.15) is 0 Å². The molecule has 3 N–H and O–H groups in total. The molecule has 0 fully saturated rings. The van der Waals surface area contributed by atoms with Crippen LogP contribution < -0.4 is 20.5 Å². The number of aromatic nitrogens is 2. The Morgan fingerprint density at radius 3 is 2.58 bits per heavy atom. The minimum absolute atomic E-state index is 0.0149. The van der Waals surface area contributed by atoms with Crippen molar-refractivity contribution in [3.63, 3.8) is 0 Å². The van der Waals surface area contributed by atoms with Crippen molar-refractivity contribution in [3.05, 3.63) is 30.3 Å². The van der Waals surface area contributed by atoms with Crippen molar-refractivity contribution >= 4 is 17.3 Å². The third-order valence-corrected chi connectivity index (χ3v) is 2.36. The second-order valence-electron chi connectivity index (χ2n) is 3.80. The summed E-state index contributed by atoms with van der Waals surface area (Å²) in [5.41, 5.74) is 5.92. The Hall–Kier alpha value is -2.64. The molecule has 1 aliphatic rings. The molecule has 19 heavy (non-hydrogen) atoms. The van der Waals surface area contributed by atoms with E-state index in [0.717, 1.165) is 0 Å². The number of nitrogen functional groups attached to an aromatic ring is 1. The molecule has 6 nitrogen and oxygen atoms in total. The fraction of sp³-hybridized carbons (Fsp3) is 0.0909. The third-order valence-electron chi connectivity index (χ3n) is 2.36. The molecule has 0 radical (unpaired) electrons. The van der Waals surface area contributed by atoms with Crippen molar-refractivity contribution in [2.45, 2.75) is 6.29 Å². The van der Waals surface area contributed by atoms with E-state index in [1.807, 2.05) is 0 Å². The summed E-state index contributed by atoms with van der Waals surface area (Å²) in [7, 11) is 0. The van der Waals surface area contributed by atoms with E-state index in [-0.39, 0.29) is 17.3 Å². The molecule has 0 bridgehead atoms. The Kier molecular flexibility index (Phi) is 2.37. The minimum Gasteiger partial charge on any atom is -0.395 e. The van der Waals surface area contributed by atoms with Gasteiger partial charge in [0.2, 0.25) is 0 Å². The molecular formula is C11H8F2N4O2. The van der Waals surface area contributed by atoms with Crippen LogP contribution in [0, 0.1) is 0 Å². The van der Waals surface area contributed by atoms with Crippen LogP contribution in [0.4, 0.5) is 26.1 Å². The average molecular weight is 266 g/mol. The molecule has 1 aliphatic heterocycles.